The monoisotopic (exact) mass is 380 g/mol. The number of rotatable bonds is 4. The molecule has 0 amide bonds. The third-order valence-corrected chi connectivity index (χ3v) is 5.63. The Morgan fingerprint density at radius 2 is 2.04 bits per heavy atom. The van der Waals surface area contributed by atoms with Crippen LogP contribution in [0.15, 0.2) is 41.5 Å². The van der Waals surface area contributed by atoms with Crippen molar-refractivity contribution in [3.63, 3.8) is 0 Å². The lowest BCUT2D eigenvalue weighted by atomic mass is 10.2. The van der Waals surface area contributed by atoms with E-state index in [9.17, 15) is 4.79 Å². The van der Waals surface area contributed by atoms with E-state index in [0.29, 0.717) is 19.2 Å². The Morgan fingerprint density at radius 3 is 2.93 bits per heavy atom. The molecule has 1 atom stereocenters. The summed E-state index contributed by atoms with van der Waals surface area (Å²) in [6, 6.07) is 10.0. The van der Waals surface area contributed by atoms with E-state index in [-0.39, 0.29) is 11.6 Å². The van der Waals surface area contributed by atoms with Crippen molar-refractivity contribution >= 4 is 22.8 Å². The summed E-state index contributed by atoms with van der Waals surface area (Å²) in [5.74, 6) is 1.40. The highest BCUT2D eigenvalue weighted by atomic mass is 16.5. The second-order valence-corrected chi connectivity index (χ2v) is 7.40. The molecule has 146 valence electrons. The van der Waals surface area contributed by atoms with Gasteiger partial charge in [-0.2, -0.15) is 4.98 Å². The topological polar surface area (TPSA) is 79.3 Å². The Morgan fingerprint density at radius 1 is 1.18 bits per heavy atom. The molecule has 2 aliphatic heterocycles. The molecule has 0 saturated carbocycles. The first-order chi connectivity index (χ1) is 13.8. The molecule has 4 heterocycles. The molecule has 2 saturated heterocycles. The number of nitrogens with zero attached hydrogens (tertiary/aromatic N) is 5. The van der Waals surface area contributed by atoms with E-state index in [2.05, 4.69) is 30.4 Å². The maximum Gasteiger partial charge on any atom is 0.254 e. The second kappa shape index (κ2) is 7.27. The van der Waals surface area contributed by atoms with E-state index in [1.807, 2.05) is 24.5 Å². The zero-order valence-corrected chi connectivity index (χ0v) is 15.8. The van der Waals surface area contributed by atoms with Gasteiger partial charge in [0.2, 0.25) is 5.95 Å². The van der Waals surface area contributed by atoms with Crippen molar-refractivity contribution in [1.82, 2.24) is 19.5 Å². The van der Waals surface area contributed by atoms with Crippen LogP contribution in [0.2, 0.25) is 0 Å². The molecular weight excluding hydrogens is 356 g/mol. The summed E-state index contributed by atoms with van der Waals surface area (Å²) >= 11 is 0. The number of anilines is 2. The minimum Gasteiger partial charge on any atom is -0.378 e. The number of benzene rings is 1. The van der Waals surface area contributed by atoms with Gasteiger partial charge in [-0.1, -0.05) is 12.1 Å². The van der Waals surface area contributed by atoms with Gasteiger partial charge in [0, 0.05) is 38.3 Å². The Balaban J connectivity index is 1.42. The summed E-state index contributed by atoms with van der Waals surface area (Å²) in [6.07, 6.45) is 4.06. The average Bonchev–Trinajstić information content (AvgIpc) is 3.36. The predicted molar refractivity (Wildman–Crippen MR) is 108 cm³/mol. The van der Waals surface area contributed by atoms with Gasteiger partial charge in [0.05, 0.1) is 30.6 Å². The molecule has 0 spiro atoms. The van der Waals surface area contributed by atoms with E-state index >= 15 is 0 Å². The number of nitrogens with one attached hydrogen (secondary N) is 1. The fraction of sp³-hybridized carbons (Fsp3) is 0.450. The second-order valence-electron chi connectivity index (χ2n) is 7.40. The summed E-state index contributed by atoms with van der Waals surface area (Å²) in [5.41, 5.74) is 2.04. The highest BCUT2D eigenvalue weighted by molar-refractivity contribution is 5.74. The molecule has 2 aliphatic rings. The van der Waals surface area contributed by atoms with Gasteiger partial charge in [-0.3, -0.25) is 9.78 Å². The first kappa shape index (κ1) is 17.2. The predicted octanol–water partition coefficient (Wildman–Crippen LogP) is 1.63. The van der Waals surface area contributed by atoms with Crippen LogP contribution in [-0.4, -0.2) is 58.4 Å². The van der Waals surface area contributed by atoms with Gasteiger partial charge < -0.3 is 19.1 Å². The Kier molecular flexibility index (Phi) is 4.48. The van der Waals surface area contributed by atoms with Crippen molar-refractivity contribution in [2.45, 2.75) is 25.4 Å². The number of aromatic nitrogens is 4. The van der Waals surface area contributed by atoms with Gasteiger partial charge in [-0.05, 0) is 25.0 Å². The number of ether oxygens (including phenoxy) is 1. The van der Waals surface area contributed by atoms with Gasteiger partial charge in [-0.15, -0.1) is 0 Å². The summed E-state index contributed by atoms with van der Waals surface area (Å²) in [7, 11) is 0. The lowest BCUT2D eigenvalue weighted by Gasteiger charge is -2.30. The van der Waals surface area contributed by atoms with Crippen LogP contribution in [-0.2, 0) is 11.3 Å². The van der Waals surface area contributed by atoms with Crippen molar-refractivity contribution in [1.29, 1.82) is 0 Å². The molecule has 0 aliphatic carbocycles. The zero-order valence-electron chi connectivity index (χ0n) is 15.8. The van der Waals surface area contributed by atoms with E-state index in [1.54, 1.807) is 6.07 Å². The largest absolute Gasteiger partial charge is 0.378 e. The Bertz CT molecular complexity index is 1020. The Hall–Kier alpha value is -2.87. The molecule has 1 aromatic carbocycles. The molecule has 1 unspecified atom stereocenters. The van der Waals surface area contributed by atoms with Crippen LogP contribution in [0, 0.1) is 0 Å². The van der Waals surface area contributed by atoms with Crippen molar-refractivity contribution in [3.8, 4) is 0 Å². The maximum atomic E-state index is 12.3. The average molecular weight is 380 g/mol. The van der Waals surface area contributed by atoms with Crippen molar-refractivity contribution < 1.29 is 4.74 Å². The van der Waals surface area contributed by atoms with Crippen molar-refractivity contribution in [3.05, 3.63) is 47.0 Å². The van der Waals surface area contributed by atoms with Gasteiger partial charge in [0.1, 0.15) is 5.82 Å². The summed E-state index contributed by atoms with van der Waals surface area (Å²) in [6.45, 7) is 4.59. The minimum absolute atomic E-state index is 0.106. The molecule has 2 aromatic heterocycles. The van der Waals surface area contributed by atoms with Crippen LogP contribution in [0.1, 0.15) is 12.8 Å². The molecule has 5 rings (SSSR count). The highest BCUT2D eigenvalue weighted by Gasteiger charge is 2.28. The third-order valence-electron chi connectivity index (χ3n) is 5.63. The molecule has 3 aromatic rings. The van der Waals surface area contributed by atoms with E-state index < -0.39 is 0 Å². The van der Waals surface area contributed by atoms with Gasteiger partial charge in [-0.25, -0.2) is 4.98 Å². The summed E-state index contributed by atoms with van der Waals surface area (Å²) in [4.78, 5) is 28.9. The molecule has 1 N–H and O–H groups in total. The standard InChI is InChI=1S/C20H24N6O2/c27-19-12-18(24-8-10-28-11-9-24)22-20(23-19)26-7-3-4-15(26)13-25-14-21-16-5-1-2-6-17(16)25/h1-2,5-6,12,14-15H,3-4,7-11,13H2,(H,22,23,27). The molecule has 28 heavy (non-hydrogen) atoms. The number of aromatic amines is 1. The van der Waals surface area contributed by atoms with Gasteiger partial charge in [0.25, 0.3) is 5.56 Å². The van der Waals surface area contributed by atoms with Crippen LogP contribution in [0.25, 0.3) is 11.0 Å². The van der Waals surface area contributed by atoms with E-state index in [1.165, 1.54) is 0 Å². The molecule has 0 bridgehead atoms. The Labute approximate surface area is 162 Å². The number of imidazole rings is 1. The van der Waals surface area contributed by atoms with Crippen LogP contribution in [0.3, 0.4) is 0 Å². The molecule has 0 radical (unpaired) electrons. The molecule has 8 nitrogen and oxygen atoms in total. The first-order valence-corrected chi connectivity index (χ1v) is 9.88. The van der Waals surface area contributed by atoms with E-state index in [0.717, 1.165) is 55.9 Å². The third kappa shape index (κ3) is 3.24. The van der Waals surface area contributed by atoms with Gasteiger partial charge in [0.15, 0.2) is 0 Å². The number of para-hydroxylation sites is 2. The van der Waals surface area contributed by atoms with Gasteiger partial charge >= 0.3 is 0 Å². The number of fused-ring (bicyclic) bond motifs is 1. The minimum atomic E-state index is -0.106. The number of morpholine rings is 1. The summed E-state index contributed by atoms with van der Waals surface area (Å²) < 4.78 is 7.61. The van der Waals surface area contributed by atoms with E-state index in [4.69, 9.17) is 9.72 Å². The summed E-state index contributed by atoms with van der Waals surface area (Å²) in [5, 5.41) is 0. The lowest BCUT2D eigenvalue weighted by molar-refractivity contribution is 0.122. The normalized spacial score (nSPS) is 20.2. The van der Waals surface area contributed by atoms with Crippen LogP contribution in [0.4, 0.5) is 11.8 Å². The highest BCUT2D eigenvalue weighted by Crippen LogP contribution is 2.25. The number of hydrogen-bond acceptors (Lipinski definition) is 6. The quantitative estimate of drug-likeness (QED) is 0.741. The fourth-order valence-electron chi connectivity index (χ4n) is 4.21. The zero-order chi connectivity index (χ0) is 18.9. The number of hydrogen-bond donors (Lipinski definition) is 1. The van der Waals surface area contributed by atoms with Crippen molar-refractivity contribution in [2.24, 2.45) is 0 Å². The molecule has 8 heteroatoms. The van der Waals surface area contributed by atoms with Crippen molar-refractivity contribution in [2.75, 3.05) is 42.6 Å². The fourth-order valence-corrected chi connectivity index (χ4v) is 4.21. The van der Waals surface area contributed by atoms with Crippen LogP contribution in [0.5, 0.6) is 0 Å². The lowest BCUT2D eigenvalue weighted by Crippen LogP contribution is -2.39. The number of H-pyrrole nitrogens is 1. The SMILES string of the molecule is O=c1cc(N2CCOCC2)nc(N2CCCC2Cn2cnc3ccccc32)[nH]1. The van der Waals surface area contributed by atoms with Crippen LogP contribution >= 0.6 is 0 Å². The molecule has 2 fully saturated rings. The maximum absolute atomic E-state index is 12.3. The first-order valence-electron chi connectivity index (χ1n) is 9.88. The van der Waals surface area contributed by atoms with Crippen LogP contribution < -0.4 is 15.4 Å². The molecular formula is C20H24N6O2. The smallest absolute Gasteiger partial charge is 0.254 e.